The second-order valence-corrected chi connectivity index (χ2v) is 14.8. The average molecular weight is 682 g/mol. The third-order valence-electron chi connectivity index (χ3n) is 11.6. The highest BCUT2D eigenvalue weighted by Crippen LogP contribution is 2.43. The second-order valence-electron chi connectivity index (χ2n) is 14.8. The molecule has 5 aliphatic rings. The lowest BCUT2D eigenvalue weighted by atomic mass is 9.80. The zero-order valence-electron chi connectivity index (χ0n) is 27.6. The molecule has 1 amide bonds. The number of rotatable bonds is 7. The number of hydrogen-bond donors (Lipinski definition) is 2. The predicted octanol–water partition coefficient (Wildman–Crippen LogP) is 4.58. The van der Waals surface area contributed by atoms with Crippen molar-refractivity contribution in [1.29, 1.82) is 0 Å². The number of hydrogen-bond acceptors (Lipinski definition) is 9. The fourth-order valence-corrected chi connectivity index (χ4v) is 9.07. The van der Waals surface area contributed by atoms with Crippen LogP contribution in [0.3, 0.4) is 0 Å². The van der Waals surface area contributed by atoms with E-state index in [9.17, 15) is 23.5 Å². The predicted molar refractivity (Wildman–Crippen MR) is 181 cm³/mol. The molecule has 1 saturated carbocycles. The van der Waals surface area contributed by atoms with Crippen LogP contribution in [0.25, 0.3) is 21.9 Å². The maximum Gasteiger partial charge on any atom is 0.320 e. The highest BCUT2D eigenvalue weighted by molar-refractivity contribution is 6.17. The Kier molecular flexibility index (Phi) is 7.07. The molecule has 0 bridgehead atoms. The number of aromatic hydroxyl groups is 1. The molecule has 6 heterocycles. The summed E-state index contributed by atoms with van der Waals surface area (Å²) in [6.07, 6.45) is 11.7. The average Bonchev–Trinajstić information content (AvgIpc) is 3.71. The molecule has 1 unspecified atom stereocenters. The number of ether oxygens (including phenoxy) is 1. The van der Waals surface area contributed by atoms with Crippen LogP contribution in [-0.2, 0) is 4.79 Å². The smallest absolute Gasteiger partial charge is 0.320 e. The molecule has 2 aromatic carbocycles. The summed E-state index contributed by atoms with van der Waals surface area (Å²) in [6, 6.07) is 5.46. The number of alkyl halides is 1. The van der Waals surface area contributed by atoms with E-state index in [2.05, 4.69) is 21.0 Å². The van der Waals surface area contributed by atoms with Crippen LogP contribution >= 0.6 is 0 Å². The lowest BCUT2D eigenvalue weighted by Gasteiger charge is -2.49. The van der Waals surface area contributed by atoms with Gasteiger partial charge in [-0.2, -0.15) is 9.97 Å². The first-order valence-corrected chi connectivity index (χ1v) is 17.5. The number of nitrogens with zero attached hydrogens (tertiary/aromatic N) is 6. The Morgan fingerprint density at radius 2 is 1.96 bits per heavy atom. The number of ketones is 1. The molecule has 4 saturated heterocycles. The van der Waals surface area contributed by atoms with E-state index in [4.69, 9.17) is 26.1 Å². The van der Waals surface area contributed by atoms with Crippen LogP contribution in [0.5, 0.6) is 11.8 Å². The van der Waals surface area contributed by atoms with Gasteiger partial charge in [-0.05, 0) is 75.1 Å². The summed E-state index contributed by atoms with van der Waals surface area (Å²) in [5, 5.41) is 14.4. The maximum atomic E-state index is 15.0. The third-order valence-corrected chi connectivity index (χ3v) is 11.6. The van der Waals surface area contributed by atoms with Gasteiger partial charge >= 0.3 is 6.01 Å². The highest BCUT2D eigenvalue weighted by Gasteiger charge is 2.50. The Morgan fingerprint density at radius 1 is 1.14 bits per heavy atom. The number of carbonyl (C=O) groups excluding carboxylic acids is 2. The third kappa shape index (κ3) is 4.82. The van der Waals surface area contributed by atoms with Crippen molar-refractivity contribution in [3.63, 3.8) is 0 Å². The van der Waals surface area contributed by atoms with E-state index < -0.39 is 23.3 Å². The number of terminal acetylenes is 1. The quantitative estimate of drug-likeness (QED) is 0.164. The van der Waals surface area contributed by atoms with Gasteiger partial charge in [0.15, 0.2) is 17.3 Å². The van der Waals surface area contributed by atoms with Crippen LogP contribution in [0, 0.1) is 18.2 Å². The number of phenols is 1. The van der Waals surface area contributed by atoms with Crippen molar-refractivity contribution in [2.45, 2.75) is 81.1 Å². The molecule has 5 fully saturated rings. The summed E-state index contributed by atoms with van der Waals surface area (Å²) in [7, 11) is 0. The van der Waals surface area contributed by atoms with Gasteiger partial charge in [-0.15, -0.1) is 6.42 Å². The van der Waals surface area contributed by atoms with Gasteiger partial charge in [0.25, 0.3) is 0 Å². The number of aromatic nitrogens is 4. The Labute approximate surface area is 287 Å². The van der Waals surface area contributed by atoms with Crippen LogP contribution in [0.15, 0.2) is 24.3 Å². The van der Waals surface area contributed by atoms with Crippen LogP contribution in [0.2, 0.25) is 0 Å². The number of benzene rings is 2. The minimum Gasteiger partial charge on any atom is -0.508 e. The van der Waals surface area contributed by atoms with E-state index in [-0.39, 0.29) is 63.8 Å². The van der Waals surface area contributed by atoms with E-state index in [0.717, 1.165) is 51.5 Å². The van der Waals surface area contributed by atoms with Crippen molar-refractivity contribution in [2.75, 3.05) is 37.7 Å². The van der Waals surface area contributed by atoms with Crippen molar-refractivity contribution in [3.05, 3.63) is 47.0 Å². The molecule has 4 aliphatic heterocycles. The van der Waals surface area contributed by atoms with Crippen LogP contribution < -0.4 is 15.0 Å². The molecule has 11 nitrogen and oxygen atoms in total. The molecule has 2 aromatic heterocycles. The van der Waals surface area contributed by atoms with E-state index in [0.29, 0.717) is 49.2 Å². The highest BCUT2D eigenvalue weighted by atomic mass is 19.1. The Bertz CT molecular complexity index is 2130. The zero-order chi connectivity index (χ0) is 34.4. The van der Waals surface area contributed by atoms with E-state index in [1.54, 1.807) is 0 Å². The van der Waals surface area contributed by atoms with E-state index in [1.807, 2.05) is 4.57 Å². The first-order chi connectivity index (χ1) is 24.2. The number of nitrogens with one attached hydrogen (secondary N) is 1. The molecule has 1 spiro atoms. The topological polar surface area (TPSA) is 126 Å². The standard InChI is InChI=1S/C37H37F2N7O4/c1-2-25-27(39)9-8-21-14-24(47)15-26(29(21)25)31(49)34-40-32-30(46(34)23-6-3-7-23)33(44-12-4-10-36(19-44)17-28(48)43-36)42-35(41-32)50-20-37-11-5-13-45(37)18-22(38)16-37/h1,8-9,14-15,22-23,47H,3-7,10-13,16-20H2,(H,43,48)/t22-,36?,37+/m1/s1. The van der Waals surface area contributed by atoms with Gasteiger partial charge < -0.3 is 24.6 Å². The summed E-state index contributed by atoms with van der Waals surface area (Å²) < 4.78 is 37.8. The molecule has 4 aromatic rings. The number of piperidine rings is 1. The molecule has 0 radical (unpaired) electrons. The fourth-order valence-electron chi connectivity index (χ4n) is 9.07. The first-order valence-electron chi connectivity index (χ1n) is 17.5. The molecule has 1 aliphatic carbocycles. The van der Waals surface area contributed by atoms with Crippen molar-refractivity contribution >= 4 is 39.4 Å². The van der Waals surface area contributed by atoms with Gasteiger partial charge in [0.1, 0.15) is 29.9 Å². The van der Waals surface area contributed by atoms with Crippen LogP contribution in [0.1, 0.15) is 85.6 Å². The Balaban J connectivity index is 1.20. The van der Waals surface area contributed by atoms with Crippen molar-refractivity contribution in [1.82, 2.24) is 29.7 Å². The second kappa shape index (κ2) is 11.3. The molecule has 13 heteroatoms. The number of fused-ring (bicyclic) bond motifs is 3. The first kappa shape index (κ1) is 31.2. The van der Waals surface area contributed by atoms with Gasteiger partial charge in [0, 0.05) is 43.0 Å². The minimum atomic E-state index is -0.913. The van der Waals surface area contributed by atoms with Crippen LogP contribution in [-0.4, -0.2) is 91.3 Å². The van der Waals surface area contributed by atoms with Gasteiger partial charge in [0.2, 0.25) is 11.7 Å². The number of carbonyl (C=O) groups is 2. The minimum absolute atomic E-state index is 0.0142. The van der Waals surface area contributed by atoms with Gasteiger partial charge in [-0.25, -0.2) is 13.8 Å². The summed E-state index contributed by atoms with van der Waals surface area (Å²) in [5.41, 5.74) is 0.0126. The summed E-state index contributed by atoms with van der Waals surface area (Å²) >= 11 is 0. The normalized spacial score (nSPS) is 26.5. The number of phenolic OH excluding ortho intramolecular Hbond substituents is 1. The number of β-lactam (4-membered cyclic amide) rings is 1. The monoisotopic (exact) mass is 681 g/mol. The summed E-state index contributed by atoms with van der Waals surface area (Å²) in [4.78, 5) is 45.6. The van der Waals surface area contributed by atoms with Gasteiger partial charge in [-0.3, -0.25) is 14.5 Å². The SMILES string of the molecule is C#Cc1c(F)ccc2cc(O)cc(C(=O)c3nc4nc(OC[C@@]56CCCN5C[C@H](F)C6)nc(N5CCCC6(CC(=O)N6)C5)c4n3C3CCC3)c12. The van der Waals surface area contributed by atoms with E-state index >= 15 is 0 Å². The lowest BCUT2D eigenvalue weighted by molar-refractivity contribution is -0.133. The summed E-state index contributed by atoms with van der Waals surface area (Å²) in [6.45, 7) is 2.62. The fraction of sp³-hybridized carbons (Fsp3) is 0.486. The maximum absolute atomic E-state index is 15.0. The Hall–Kier alpha value is -4.83. The molecule has 50 heavy (non-hydrogen) atoms. The zero-order valence-corrected chi connectivity index (χ0v) is 27.6. The molecular formula is C37H37F2N7O4. The number of amides is 1. The van der Waals surface area contributed by atoms with Gasteiger partial charge in [-0.1, -0.05) is 12.0 Å². The Morgan fingerprint density at radius 3 is 2.72 bits per heavy atom. The lowest BCUT2D eigenvalue weighted by Crippen LogP contribution is -2.68. The largest absolute Gasteiger partial charge is 0.508 e. The van der Waals surface area contributed by atoms with E-state index in [1.165, 1.54) is 24.3 Å². The van der Waals surface area contributed by atoms with Crippen LogP contribution in [0.4, 0.5) is 14.6 Å². The van der Waals surface area contributed by atoms with Gasteiger partial charge in [0.05, 0.1) is 23.1 Å². The number of imidazole rings is 1. The van der Waals surface area contributed by atoms with Crippen molar-refractivity contribution < 1.29 is 28.2 Å². The molecule has 9 rings (SSSR count). The number of anilines is 1. The molecular weight excluding hydrogens is 644 g/mol. The molecule has 258 valence electrons. The van der Waals surface area contributed by atoms with Crippen molar-refractivity contribution in [2.24, 2.45) is 0 Å². The summed E-state index contributed by atoms with van der Waals surface area (Å²) in [5.74, 6) is 1.69. The number of halogens is 2. The molecule has 3 atom stereocenters. The van der Waals surface area contributed by atoms with Crippen molar-refractivity contribution in [3.8, 4) is 24.1 Å². The molecule has 2 N–H and O–H groups in total.